The Morgan fingerprint density at radius 2 is 2.00 bits per heavy atom. The molecule has 0 spiro atoms. The summed E-state index contributed by atoms with van der Waals surface area (Å²) in [6.45, 7) is 2.01. The van der Waals surface area contributed by atoms with Crippen molar-refractivity contribution in [2.45, 2.75) is 13.0 Å². The Morgan fingerprint density at radius 1 is 1.16 bits per heavy atom. The van der Waals surface area contributed by atoms with E-state index < -0.39 is 0 Å². The van der Waals surface area contributed by atoms with Gasteiger partial charge in [-0.05, 0) is 0 Å². The van der Waals surface area contributed by atoms with Crippen molar-refractivity contribution in [3.05, 3.63) is 53.8 Å². The average Bonchev–Trinajstić information content (AvgIpc) is 2.88. The van der Waals surface area contributed by atoms with Gasteiger partial charge in [-0.15, -0.1) is 0 Å². The maximum absolute atomic E-state index is 13.2. The van der Waals surface area contributed by atoms with E-state index in [4.69, 9.17) is 0 Å². The van der Waals surface area contributed by atoms with Crippen molar-refractivity contribution in [2.75, 3.05) is 5.32 Å². The standard InChI is InChI=1S/C14H12FN3Se/c1-9(10-4-2-5-11(15)8-10)16-12-6-3-7-13-14(12)18-19-17-13/h2-9,16H,1H3. The molecule has 1 heterocycles. The van der Waals surface area contributed by atoms with E-state index in [0.29, 0.717) is 0 Å². The monoisotopic (exact) mass is 321 g/mol. The van der Waals surface area contributed by atoms with Crippen LogP contribution in [0.1, 0.15) is 18.5 Å². The summed E-state index contributed by atoms with van der Waals surface area (Å²) in [5.41, 5.74) is 3.73. The molecule has 3 nitrogen and oxygen atoms in total. The van der Waals surface area contributed by atoms with E-state index in [1.165, 1.54) is 6.07 Å². The quantitative estimate of drug-likeness (QED) is 0.754. The van der Waals surface area contributed by atoms with Crippen LogP contribution in [-0.4, -0.2) is 22.9 Å². The van der Waals surface area contributed by atoms with Gasteiger partial charge in [0.25, 0.3) is 0 Å². The molecule has 19 heavy (non-hydrogen) atoms. The summed E-state index contributed by atoms with van der Waals surface area (Å²) in [6.07, 6.45) is 0. The van der Waals surface area contributed by atoms with Crippen LogP contribution >= 0.6 is 0 Å². The maximum atomic E-state index is 13.2. The fourth-order valence-electron chi connectivity index (χ4n) is 2.02. The second kappa shape index (κ2) is 5.11. The van der Waals surface area contributed by atoms with Gasteiger partial charge in [0.15, 0.2) is 0 Å². The first-order chi connectivity index (χ1) is 9.24. The molecule has 1 unspecified atom stereocenters. The summed E-state index contributed by atoms with van der Waals surface area (Å²) < 4.78 is 22.0. The summed E-state index contributed by atoms with van der Waals surface area (Å²) in [4.78, 5) is 0. The normalized spacial score (nSPS) is 12.5. The molecular weight excluding hydrogens is 308 g/mol. The van der Waals surface area contributed by atoms with Crippen molar-refractivity contribution in [1.82, 2.24) is 7.96 Å². The van der Waals surface area contributed by atoms with E-state index in [1.54, 1.807) is 12.1 Å². The molecule has 0 radical (unpaired) electrons. The number of benzene rings is 2. The SMILES string of the molecule is CC(Nc1cccc2n[se]nc12)c1cccc(F)c1. The van der Waals surface area contributed by atoms with Gasteiger partial charge < -0.3 is 0 Å². The molecule has 1 atom stereocenters. The predicted molar refractivity (Wildman–Crippen MR) is 74.9 cm³/mol. The third-order valence-corrected chi connectivity index (χ3v) is 4.15. The third kappa shape index (κ3) is 2.53. The number of rotatable bonds is 3. The molecule has 3 aromatic rings. The van der Waals surface area contributed by atoms with Gasteiger partial charge in [0.2, 0.25) is 0 Å². The second-order valence-electron chi connectivity index (χ2n) is 4.36. The number of nitrogens with one attached hydrogen (secondary N) is 1. The zero-order valence-corrected chi connectivity index (χ0v) is 12.0. The predicted octanol–water partition coefficient (Wildman–Crippen LogP) is 3.00. The third-order valence-electron chi connectivity index (χ3n) is 3.01. The molecule has 0 amide bonds. The molecule has 0 saturated heterocycles. The van der Waals surface area contributed by atoms with Crippen LogP contribution in [0.3, 0.4) is 0 Å². The van der Waals surface area contributed by atoms with Crippen molar-refractivity contribution in [1.29, 1.82) is 0 Å². The van der Waals surface area contributed by atoms with Gasteiger partial charge in [-0.3, -0.25) is 0 Å². The number of halogens is 1. The summed E-state index contributed by atoms with van der Waals surface area (Å²) in [5, 5.41) is 3.38. The van der Waals surface area contributed by atoms with E-state index in [2.05, 4.69) is 13.3 Å². The Kier molecular flexibility index (Phi) is 3.32. The summed E-state index contributed by atoms with van der Waals surface area (Å²) in [7, 11) is 0. The molecule has 3 rings (SSSR count). The van der Waals surface area contributed by atoms with Gasteiger partial charge in [0, 0.05) is 0 Å². The molecule has 5 heteroatoms. The van der Waals surface area contributed by atoms with Gasteiger partial charge in [0.05, 0.1) is 0 Å². The zero-order valence-electron chi connectivity index (χ0n) is 10.3. The van der Waals surface area contributed by atoms with Crippen LogP contribution < -0.4 is 5.32 Å². The van der Waals surface area contributed by atoms with Gasteiger partial charge in [-0.2, -0.15) is 0 Å². The van der Waals surface area contributed by atoms with E-state index in [-0.39, 0.29) is 26.8 Å². The van der Waals surface area contributed by atoms with Crippen molar-refractivity contribution < 1.29 is 4.39 Å². The molecule has 0 aliphatic heterocycles. The number of nitrogens with zero attached hydrogens (tertiary/aromatic N) is 2. The Hall–Kier alpha value is -1.71. The van der Waals surface area contributed by atoms with Crippen molar-refractivity contribution >= 4 is 31.7 Å². The van der Waals surface area contributed by atoms with Crippen LogP contribution in [0, 0.1) is 5.82 Å². The van der Waals surface area contributed by atoms with Crippen LogP contribution in [-0.2, 0) is 0 Å². The Labute approximate surface area is 116 Å². The van der Waals surface area contributed by atoms with Crippen LogP contribution in [0.5, 0.6) is 0 Å². The topological polar surface area (TPSA) is 37.8 Å². The van der Waals surface area contributed by atoms with E-state index >= 15 is 0 Å². The molecule has 0 aliphatic carbocycles. The first-order valence-electron chi connectivity index (χ1n) is 5.97. The van der Waals surface area contributed by atoms with Crippen LogP contribution in [0.15, 0.2) is 42.5 Å². The van der Waals surface area contributed by atoms with Crippen molar-refractivity contribution in [2.24, 2.45) is 0 Å². The van der Waals surface area contributed by atoms with Crippen LogP contribution in [0.4, 0.5) is 10.1 Å². The van der Waals surface area contributed by atoms with Gasteiger partial charge >= 0.3 is 116 Å². The number of aromatic nitrogens is 2. The fourth-order valence-corrected chi connectivity index (χ4v) is 3.17. The Morgan fingerprint density at radius 3 is 2.84 bits per heavy atom. The summed E-state index contributed by atoms with van der Waals surface area (Å²) in [6, 6.07) is 12.6. The van der Waals surface area contributed by atoms with Gasteiger partial charge in [0.1, 0.15) is 0 Å². The summed E-state index contributed by atoms with van der Waals surface area (Å²) >= 11 is -0.0395. The van der Waals surface area contributed by atoms with Crippen molar-refractivity contribution in [3.8, 4) is 0 Å². The molecule has 2 aromatic carbocycles. The van der Waals surface area contributed by atoms with E-state index in [9.17, 15) is 4.39 Å². The number of hydrogen-bond acceptors (Lipinski definition) is 3. The minimum atomic E-state index is -0.215. The van der Waals surface area contributed by atoms with E-state index in [0.717, 1.165) is 22.3 Å². The average molecular weight is 320 g/mol. The molecule has 0 bridgehead atoms. The van der Waals surface area contributed by atoms with Gasteiger partial charge in [-0.1, -0.05) is 0 Å². The number of anilines is 1. The van der Waals surface area contributed by atoms with Crippen LogP contribution in [0.2, 0.25) is 0 Å². The number of fused-ring (bicyclic) bond motifs is 1. The number of hydrogen-bond donors (Lipinski definition) is 1. The zero-order chi connectivity index (χ0) is 13.2. The Bertz CT molecular complexity index is 710. The first kappa shape index (κ1) is 12.3. The first-order valence-corrected chi connectivity index (χ1v) is 7.50. The molecule has 1 N–H and O–H groups in total. The van der Waals surface area contributed by atoms with Crippen molar-refractivity contribution in [3.63, 3.8) is 0 Å². The second-order valence-corrected chi connectivity index (χ2v) is 5.47. The molecule has 1 aromatic heterocycles. The summed E-state index contributed by atoms with van der Waals surface area (Å²) in [5.74, 6) is -0.215. The Balaban J connectivity index is 1.90. The van der Waals surface area contributed by atoms with E-state index in [1.807, 2.05) is 31.2 Å². The molecule has 96 valence electrons. The fraction of sp³-hybridized carbons (Fsp3) is 0.143. The molecule has 0 saturated carbocycles. The minimum absolute atomic E-state index is 0.0190. The van der Waals surface area contributed by atoms with Crippen LogP contribution in [0.25, 0.3) is 11.0 Å². The molecular formula is C14H12FN3Se. The molecule has 0 aliphatic rings. The van der Waals surface area contributed by atoms with Gasteiger partial charge in [-0.25, -0.2) is 0 Å². The molecule has 0 fully saturated rings.